The van der Waals surface area contributed by atoms with E-state index in [0.717, 1.165) is 32.2 Å². The minimum atomic E-state index is 0.612. The van der Waals surface area contributed by atoms with E-state index in [1.807, 2.05) is 48.5 Å². The van der Waals surface area contributed by atoms with Crippen molar-refractivity contribution in [1.29, 1.82) is 5.26 Å². The van der Waals surface area contributed by atoms with Gasteiger partial charge in [-0.2, -0.15) is 5.26 Å². The summed E-state index contributed by atoms with van der Waals surface area (Å²) in [5.41, 5.74) is 2.41. The second-order valence-electron chi connectivity index (χ2n) is 5.77. The van der Waals surface area contributed by atoms with E-state index >= 15 is 0 Å². The molecule has 0 saturated heterocycles. The molecule has 2 aromatic carbocycles. The van der Waals surface area contributed by atoms with E-state index in [4.69, 9.17) is 4.74 Å². The number of hydrogen-bond acceptors (Lipinski definition) is 2. The largest absolute Gasteiger partial charge is 0.493 e. The number of rotatable bonds is 8. The van der Waals surface area contributed by atoms with Crippen LogP contribution < -0.4 is 4.74 Å². The van der Waals surface area contributed by atoms with Crippen LogP contribution in [-0.4, -0.2) is 6.61 Å². The highest BCUT2D eigenvalue weighted by atomic mass is 79.9. The minimum Gasteiger partial charge on any atom is -0.493 e. The van der Waals surface area contributed by atoms with Crippen molar-refractivity contribution in [1.82, 2.24) is 0 Å². The second-order valence-corrected chi connectivity index (χ2v) is 7.60. The lowest BCUT2D eigenvalue weighted by atomic mass is 10.0. The smallest absolute Gasteiger partial charge is 0.126 e. The molecule has 2 nitrogen and oxygen atoms in total. The molecule has 25 heavy (non-hydrogen) atoms. The van der Waals surface area contributed by atoms with Crippen molar-refractivity contribution >= 4 is 43.5 Å². The summed E-state index contributed by atoms with van der Waals surface area (Å²) in [5, 5.41) is 9.56. The van der Waals surface area contributed by atoms with Crippen LogP contribution in [0.1, 0.15) is 43.7 Å². The van der Waals surface area contributed by atoms with Crippen LogP contribution in [0.15, 0.2) is 51.4 Å². The number of ether oxygens (including phenoxy) is 1. The Morgan fingerprint density at radius 2 is 1.76 bits per heavy atom. The van der Waals surface area contributed by atoms with Gasteiger partial charge in [-0.15, -0.1) is 0 Å². The standard InChI is InChI=1S/C21H21Br2NO/c1-2-3-4-5-12-25-21-11-10-20(23)14-17(21)13-18(15-24)16-6-8-19(22)9-7-16/h6-11,13-14H,2-5,12H2,1H3. The Bertz CT molecular complexity index is 760. The Morgan fingerprint density at radius 3 is 2.44 bits per heavy atom. The molecule has 0 fully saturated rings. The summed E-state index contributed by atoms with van der Waals surface area (Å²) >= 11 is 6.92. The Labute approximate surface area is 166 Å². The zero-order chi connectivity index (χ0) is 18.1. The number of halogens is 2. The molecule has 0 bridgehead atoms. The minimum absolute atomic E-state index is 0.612. The molecule has 2 rings (SSSR count). The summed E-state index contributed by atoms with van der Waals surface area (Å²) < 4.78 is 7.91. The third-order valence-electron chi connectivity index (χ3n) is 3.80. The number of nitriles is 1. The van der Waals surface area contributed by atoms with Crippen LogP contribution in [0.4, 0.5) is 0 Å². The van der Waals surface area contributed by atoms with Crippen molar-refractivity contribution < 1.29 is 4.74 Å². The summed E-state index contributed by atoms with van der Waals surface area (Å²) in [6.45, 7) is 2.90. The third-order valence-corrected chi connectivity index (χ3v) is 4.82. The van der Waals surface area contributed by atoms with E-state index in [1.165, 1.54) is 19.3 Å². The van der Waals surface area contributed by atoms with Gasteiger partial charge in [0.1, 0.15) is 5.75 Å². The Hall–Kier alpha value is -1.57. The van der Waals surface area contributed by atoms with E-state index in [9.17, 15) is 5.26 Å². The number of benzene rings is 2. The molecule has 0 aliphatic rings. The molecule has 0 aliphatic heterocycles. The normalized spacial score (nSPS) is 11.2. The van der Waals surface area contributed by atoms with Gasteiger partial charge in [0.2, 0.25) is 0 Å². The van der Waals surface area contributed by atoms with Gasteiger partial charge in [0.05, 0.1) is 18.2 Å². The maximum Gasteiger partial charge on any atom is 0.126 e. The molecule has 0 aliphatic carbocycles. The van der Waals surface area contributed by atoms with E-state index in [1.54, 1.807) is 0 Å². The maximum atomic E-state index is 9.56. The maximum absolute atomic E-state index is 9.56. The molecule has 0 N–H and O–H groups in total. The molecule has 0 aromatic heterocycles. The first kappa shape index (κ1) is 19.8. The Kier molecular flexibility index (Phi) is 8.24. The zero-order valence-corrected chi connectivity index (χ0v) is 17.4. The van der Waals surface area contributed by atoms with Gasteiger partial charge in [-0.3, -0.25) is 0 Å². The molecule has 130 valence electrons. The predicted molar refractivity (Wildman–Crippen MR) is 111 cm³/mol. The Balaban J connectivity index is 2.22. The number of hydrogen-bond donors (Lipinski definition) is 0. The molecular formula is C21H21Br2NO. The van der Waals surface area contributed by atoms with Gasteiger partial charge in [0.25, 0.3) is 0 Å². The lowest BCUT2D eigenvalue weighted by Gasteiger charge is -2.10. The van der Waals surface area contributed by atoms with Crippen molar-refractivity contribution in [3.63, 3.8) is 0 Å². The quantitative estimate of drug-likeness (QED) is 0.235. The highest BCUT2D eigenvalue weighted by molar-refractivity contribution is 9.10. The summed E-state index contributed by atoms with van der Waals surface area (Å²) in [5.74, 6) is 0.810. The van der Waals surface area contributed by atoms with Crippen molar-refractivity contribution in [2.75, 3.05) is 6.61 Å². The number of allylic oxidation sites excluding steroid dienone is 1. The van der Waals surface area contributed by atoms with Gasteiger partial charge in [-0.05, 0) is 48.4 Å². The van der Waals surface area contributed by atoms with E-state index in [2.05, 4.69) is 44.9 Å². The summed E-state index contributed by atoms with van der Waals surface area (Å²) in [6.07, 6.45) is 6.56. The average Bonchev–Trinajstić information content (AvgIpc) is 2.62. The van der Waals surface area contributed by atoms with Gasteiger partial charge in [-0.1, -0.05) is 70.2 Å². The fourth-order valence-corrected chi connectivity index (χ4v) is 3.08. The molecule has 0 unspecified atom stereocenters. The van der Waals surface area contributed by atoms with Gasteiger partial charge in [0.15, 0.2) is 0 Å². The average molecular weight is 463 g/mol. The first-order valence-electron chi connectivity index (χ1n) is 8.44. The highest BCUT2D eigenvalue weighted by Crippen LogP contribution is 2.28. The van der Waals surface area contributed by atoms with Gasteiger partial charge in [-0.25, -0.2) is 0 Å². The molecular weight excluding hydrogens is 442 g/mol. The van der Waals surface area contributed by atoms with E-state index in [-0.39, 0.29) is 0 Å². The fourth-order valence-electron chi connectivity index (χ4n) is 2.44. The predicted octanol–water partition coefficient (Wildman–Crippen LogP) is 7.23. The van der Waals surface area contributed by atoms with Gasteiger partial charge >= 0.3 is 0 Å². The molecule has 0 amide bonds. The highest BCUT2D eigenvalue weighted by Gasteiger charge is 2.07. The molecule has 2 aromatic rings. The van der Waals surface area contributed by atoms with Crippen LogP contribution in [0.3, 0.4) is 0 Å². The first-order chi connectivity index (χ1) is 12.1. The van der Waals surface area contributed by atoms with E-state index in [0.29, 0.717) is 12.2 Å². The van der Waals surface area contributed by atoms with Crippen molar-refractivity contribution in [2.45, 2.75) is 32.6 Å². The molecule has 4 heteroatoms. The van der Waals surface area contributed by atoms with Crippen LogP contribution in [0.5, 0.6) is 5.75 Å². The number of unbranched alkanes of at least 4 members (excludes halogenated alkanes) is 3. The van der Waals surface area contributed by atoms with Crippen LogP contribution in [0, 0.1) is 11.3 Å². The van der Waals surface area contributed by atoms with Crippen molar-refractivity contribution in [2.24, 2.45) is 0 Å². The van der Waals surface area contributed by atoms with E-state index < -0.39 is 0 Å². The van der Waals surface area contributed by atoms with Crippen LogP contribution >= 0.6 is 31.9 Å². The molecule has 0 spiro atoms. The lowest BCUT2D eigenvalue weighted by molar-refractivity contribution is 0.304. The SMILES string of the molecule is CCCCCCOc1ccc(Br)cc1C=C(C#N)c1ccc(Br)cc1. The first-order valence-corrected chi connectivity index (χ1v) is 10.0. The lowest BCUT2D eigenvalue weighted by Crippen LogP contribution is -1.99. The van der Waals surface area contributed by atoms with Crippen LogP contribution in [-0.2, 0) is 0 Å². The monoisotopic (exact) mass is 461 g/mol. The zero-order valence-electron chi connectivity index (χ0n) is 14.3. The van der Waals surface area contributed by atoms with Crippen LogP contribution in [0.25, 0.3) is 11.6 Å². The second kappa shape index (κ2) is 10.4. The van der Waals surface area contributed by atoms with Crippen molar-refractivity contribution in [3.8, 4) is 11.8 Å². The Morgan fingerprint density at radius 1 is 1.04 bits per heavy atom. The third kappa shape index (κ3) is 6.34. The molecule has 0 radical (unpaired) electrons. The fraction of sp³-hybridized carbons (Fsp3) is 0.286. The topological polar surface area (TPSA) is 33.0 Å². The molecule has 0 saturated carbocycles. The molecule has 0 atom stereocenters. The van der Waals surface area contributed by atoms with Gasteiger partial charge in [0, 0.05) is 14.5 Å². The van der Waals surface area contributed by atoms with Gasteiger partial charge < -0.3 is 4.74 Å². The molecule has 0 heterocycles. The number of nitrogens with zero attached hydrogens (tertiary/aromatic N) is 1. The summed E-state index contributed by atoms with van der Waals surface area (Å²) in [4.78, 5) is 0. The summed E-state index contributed by atoms with van der Waals surface area (Å²) in [6, 6.07) is 15.9. The van der Waals surface area contributed by atoms with Crippen LogP contribution in [0.2, 0.25) is 0 Å². The summed E-state index contributed by atoms with van der Waals surface area (Å²) in [7, 11) is 0. The van der Waals surface area contributed by atoms with Crippen molar-refractivity contribution in [3.05, 3.63) is 62.5 Å².